The van der Waals surface area contributed by atoms with Crippen molar-refractivity contribution in [2.75, 3.05) is 16.1 Å². The minimum Gasteiger partial charge on any atom is -0.320 e. The van der Waals surface area contributed by atoms with Gasteiger partial charge >= 0.3 is 18.0 Å². The second-order valence-corrected chi connectivity index (χ2v) is 8.75. The molecule has 11 heteroatoms. The molecule has 0 aliphatic rings. The third kappa shape index (κ3) is 5.75. The van der Waals surface area contributed by atoms with Gasteiger partial charge in [-0.25, -0.2) is 4.68 Å². The zero-order chi connectivity index (χ0) is 26.9. The Kier molecular flexibility index (Phi) is 6.95. The number of rotatable bonds is 4. The number of carbonyl (C=O) groups excluding carboxylic acids is 3. The van der Waals surface area contributed by atoms with Gasteiger partial charge in [0.2, 0.25) is 0 Å². The van der Waals surface area contributed by atoms with Gasteiger partial charge in [0.05, 0.1) is 11.1 Å². The Bertz CT molecular complexity index is 1550. The molecule has 4 aromatic rings. The highest BCUT2D eigenvalue weighted by Crippen LogP contribution is 2.30. The molecule has 0 fully saturated rings. The summed E-state index contributed by atoms with van der Waals surface area (Å²) in [4.78, 5) is 38.4. The Morgan fingerprint density at radius 2 is 1.62 bits per heavy atom. The van der Waals surface area contributed by atoms with Crippen molar-refractivity contribution in [1.29, 1.82) is 0 Å². The van der Waals surface area contributed by atoms with Crippen LogP contribution in [0.1, 0.15) is 27.2 Å². The van der Waals surface area contributed by atoms with Crippen LogP contribution in [0.2, 0.25) is 5.02 Å². The van der Waals surface area contributed by atoms with Crippen molar-refractivity contribution in [3.05, 3.63) is 94.1 Å². The lowest BCUT2D eigenvalue weighted by atomic mass is 10.1. The van der Waals surface area contributed by atoms with Crippen LogP contribution in [0.4, 0.5) is 24.5 Å². The molecule has 0 bridgehead atoms. The van der Waals surface area contributed by atoms with E-state index in [-0.39, 0.29) is 11.4 Å². The molecule has 0 aliphatic carbocycles. The van der Waals surface area contributed by atoms with E-state index in [4.69, 9.17) is 11.6 Å². The Labute approximate surface area is 214 Å². The van der Waals surface area contributed by atoms with Gasteiger partial charge in [-0.05, 0) is 67.9 Å². The summed E-state index contributed by atoms with van der Waals surface area (Å²) in [6.45, 7) is 3.75. The molecule has 3 amide bonds. The number of aromatic nitrogens is 1. The van der Waals surface area contributed by atoms with Crippen LogP contribution in [0.15, 0.2) is 66.7 Å². The second-order valence-electron chi connectivity index (χ2n) is 8.31. The Balaban J connectivity index is 1.61. The highest BCUT2D eigenvalue weighted by Gasteiger charge is 2.30. The Hall–Kier alpha value is -4.31. The van der Waals surface area contributed by atoms with Gasteiger partial charge in [0.15, 0.2) is 0 Å². The van der Waals surface area contributed by atoms with Crippen LogP contribution in [0.5, 0.6) is 0 Å². The lowest BCUT2D eigenvalue weighted by molar-refractivity contribution is -0.137. The van der Waals surface area contributed by atoms with Gasteiger partial charge in [-0.1, -0.05) is 35.4 Å². The molecule has 0 unspecified atom stereocenters. The third-order valence-corrected chi connectivity index (χ3v) is 5.73. The lowest BCUT2D eigenvalue weighted by Gasteiger charge is -2.14. The number of nitrogens with zero attached hydrogens (tertiary/aromatic N) is 1. The van der Waals surface area contributed by atoms with Gasteiger partial charge in [0.25, 0.3) is 5.91 Å². The molecule has 3 aromatic carbocycles. The topological polar surface area (TPSA) is 92.2 Å². The van der Waals surface area contributed by atoms with E-state index in [0.717, 1.165) is 27.9 Å². The Morgan fingerprint density at radius 3 is 2.32 bits per heavy atom. The first-order valence-electron chi connectivity index (χ1n) is 10.9. The number of nitrogens with one attached hydrogen (secondary N) is 3. The number of anilines is 2. The van der Waals surface area contributed by atoms with Crippen molar-refractivity contribution in [2.24, 2.45) is 0 Å². The van der Waals surface area contributed by atoms with Gasteiger partial charge in [-0.3, -0.25) is 19.8 Å². The number of alkyl halides is 3. The normalized spacial score (nSPS) is 11.3. The SMILES string of the molecule is Cc1ccc(NC(=O)c2cc3cc(Cl)ccc3n2NC(=O)C(=O)Nc2cccc(C(F)(F)F)c2)c(C)c1. The summed E-state index contributed by atoms with van der Waals surface area (Å²) in [6, 6.07) is 15.5. The zero-order valence-electron chi connectivity index (χ0n) is 19.5. The van der Waals surface area contributed by atoms with E-state index >= 15 is 0 Å². The summed E-state index contributed by atoms with van der Waals surface area (Å²) in [7, 11) is 0. The highest BCUT2D eigenvalue weighted by atomic mass is 35.5. The molecular weight excluding hydrogens is 509 g/mol. The zero-order valence-corrected chi connectivity index (χ0v) is 20.3. The maximum Gasteiger partial charge on any atom is 0.416 e. The van der Waals surface area contributed by atoms with Crippen molar-refractivity contribution in [1.82, 2.24) is 4.68 Å². The van der Waals surface area contributed by atoms with Crippen LogP contribution in [0.25, 0.3) is 10.9 Å². The van der Waals surface area contributed by atoms with Crippen molar-refractivity contribution in [3.8, 4) is 0 Å². The summed E-state index contributed by atoms with van der Waals surface area (Å²) < 4.78 is 40.0. The first kappa shape index (κ1) is 25.8. The smallest absolute Gasteiger partial charge is 0.320 e. The Morgan fingerprint density at radius 1 is 0.865 bits per heavy atom. The second kappa shape index (κ2) is 9.98. The van der Waals surface area contributed by atoms with E-state index in [1.807, 2.05) is 26.0 Å². The van der Waals surface area contributed by atoms with Crippen molar-refractivity contribution in [2.45, 2.75) is 20.0 Å². The number of amides is 3. The molecule has 4 rings (SSSR count). The van der Waals surface area contributed by atoms with Gasteiger partial charge in [0, 0.05) is 21.8 Å². The summed E-state index contributed by atoms with van der Waals surface area (Å²) in [6.07, 6.45) is -4.62. The first-order chi connectivity index (χ1) is 17.4. The van der Waals surface area contributed by atoms with Crippen molar-refractivity contribution >= 4 is 51.6 Å². The molecule has 0 radical (unpaired) electrons. The molecule has 190 valence electrons. The number of halogens is 4. The third-order valence-electron chi connectivity index (χ3n) is 5.49. The molecule has 0 saturated heterocycles. The van der Waals surface area contributed by atoms with Crippen LogP contribution in [0.3, 0.4) is 0 Å². The van der Waals surface area contributed by atoms with E-state index < -0.39 is 29.5 Å². The molecular formula is C26H20ClF3N4O3. The molecule has 1 heterocycles. The fourth-order valence-corrected chi connectivity index (χ4v) is 3.91. The van der Waals surface area contributed by atoms with Gasteiger partial charge in [-0.15, -0.1) is 0 Å². The number of benzene rings is 3. The molecule has 3 N–H and O–H groups in total. The number of hydrogen-bond acceptors (Lipinski definition) is 3. The average molecular weight is 529 g/mol. The fraction of sp³-hybridized carbons (Fsp3) is 0.115. The minimum atomic E-state index is -4.62. The maximum atomic E-state index is 13.2. The highest BCUT2D eigenvalue weighted by molar-refractivity contribution is 6.42. The number of carbonyl (C=O) groups is 3. The van der Waals surface area contributed by atoms with Crippen LogP contribution in [-0.2, 0) is 15.8 Å². The molecule has 37 heavy (non-hydrogen) atoms. The quantitative estimate of drug-likeness (QED) is 0.288. The van der Waals surface area contributed by atoms with Crippen LogP contribution >= 0.6 is 11.6 Å². The van der Waals surface area contributed by atoms with Crippen LogP contribution in [0, 0.1) is 13.8 Å². The van der Waals surface area contributed by atoms with Crippen molar-refractivity contribution in [3.63, 3.8) is 0 Å². The molecule has 0 aliphatic heterocycles. The predicted molar refractivity (Wildman–Crippen MR) is 135 cm³/mol. The van der Waals surface area contributed by atoms with E-state index in [1.165, 1.54) is 12.1 Å². The standard InChI is InChI=1S/C26H20ClF3N4O3/c1-14-6-8-20(15(2)10-14)32-23(35)22-12-16-11-18(27)7-9-21(16)34(22)33-25(37)24(36)31-19-5-3-4-17(13-19)26(28,29)30/h3-13H,1-2H3,(H,31,36)(H,32,35)(H,33,37). The average Bonchev–Trinajstić information content (AvgIpc) is 3.17. The van der Waals surface area contributed by atoms with E-state index in [9.17, 15) is 27.6 Å². The predicted octanol–water partition coefficient (Wildman–Crippen LogP) is 5.89. The van der Waals surface area contributed by atoms with E-state index in [0.29, 0.717) is 27.7 Å². The largest absolute Gasteiger partial charge is 0.416 e. The molecule has 1 aromatic heterocycles. The van der Waals surface area contributed by atoms with Gasteiger partial charge in [-0.2, -0.15) is 13.2 Å². The molecule has 0 atom stereocenters. The van der Waals surface area contributed by atoms with Gasteiger partial charge < -0.3 is 10.6 Å². The van der Waals surface area contributed by atoms with E-state index in [2.05, 4.69) is 16.1 Å². The van der Waals surface area contributed by atoms with Crippen molar-refractivity contribution < 1.29 is 27.6 Å². The summed E-state index contributed by atoms with van der Waals surface area (Å²) in [5.41, 5.74) is 3.91. The van der Waals surface area contributed by atoms with Gasteiger partial charge in [0.1, 0.15) is 5.69 Å². The molecule has 0 saturated carbocycles. The molecule has 0 spiro atoms. The fourth-order valence-electron chi connectivity index (χ4n) is 3.73. The number of aryl methyl sites for hydroxylation is 2. The number of hydrogen-bond donors (Lipinski definition) is 3. The first-order valence-corrected chi connectivity index (χ1v) is 11.3. The summed E-state index contributed by atoms with van der Waals surface area (Å²) in [5, 5.41) is 5.82. The molecule has 7 nitrogen and oxygen atoms in total. The summed E-state index contributed by atoms with van der Waals surface area (Å²) >= 11 is 6.08. The summed E-state index contributed by atoms with van der Waals surface area (Å²) in [5.74, 6) is -3.00. The number of fused-ring (bicyclic) bond motifs is 1. The lowest BCUT2D eigenvalue weighted by Crippen LogP contribution is -2.36. The van der Waals surface area contributed by atoms with E-state index in [1.54, 1.807) is 24.3 Å². The van der Waals surface area contributed by atoms with Crippen LogP contribution < -0.4 is 16.1 Å². The maximum absolute atomic E-state index is 13.2. The minimum absolute atomic E-state index is 0.00235. The monoisotopic (exact) mass is 528 g/mol. The van der Waals surface area contributed by atoms with Crippen LogP contribution in [-0.4, -0.2) is 22.4 Å².